The molecule has 1 fully saturated rings. The summed E-state index contributed by atoms with van der Waals surface area (Å²) in [5, 5.41) is 3.14. The summed E-state index contributed by atoms with van der Waals surface area (Å²) in [6.07, 6.45) is 8.68. The number of hydrogen-bond acceptors (Lipinski definition) is 3. The Bertz CT molecular complexity index is 659. The highest BCUT2D eigenvalue weighted by Crippen LogP contribution is 2.23. The average molecular weight is 340 g/mol. The van der Waals surface area contributed by atoms with Crippen molar-refractivity contribution in [3.05, 3.63) is 54.1 Å². The van der Waals surface area contributed by atoms with Gasteiger partial charge >= 0.3 is 0 Å². The summed E-state index contributed by atoms with van der Waals surface area (Å²) in [6.45, 7) is 5.10. The second kappa shape index (κ2) is 8.81. The second-order valence-corrected chi connectivity index (χ2v) is 6.78. The number of nitrogens with one attached hydrogen (secondary N) is 1. The van der Waals surface area contributed by atoms with Crippen LogP contribution in [0.3, 0.4) is 0 Å². The number of benzene rings is 1. The van der Waals surface area contributed by atoms with Crippen molar-refractivity contribution >= 4 is 5.91 Å². The van der Waals surface area contributed by atoms with Gasteiger partial charge in [-0.15, -0.1) is 0 Å². The van der Waals surface area contributed by atoms with E-state index in [9.17, 15) is 4.79 Å². The van der Waals surface area contributed by atoms with Gasteiger partial charge in [0, 0.05) is 18.9 Å². The highest BCUT2D eigenvalue weighted by molar-refractivity contribution is 5.75. The van der Waals surface area contributed by atoms with Gasteiger partial charge in [-0.1, -0.05) is 43.2 Å². The molecule has 1 atom stereocenters. The fourth-order valence-corrected chi connectivity index (χ4v) is 3.53. The van der Waals surface area contributed by atoms with Crippen molar-refractivity contribution in [1.82, 2.24) is 19.8 Å². The van der Waals surface area contributed by atoms with E-state index in [4.69, 9.17) is 0 Å². The summed E-state index contributed by atoms with van der Waals surface area (Å²) in [5.41, 5.74) is 1.28. The molecule has 0 spiro atoms. The van der Waals surface area contributed by atoms with Gasteiger partial charge in [0.05, 0.1) is 6.04 Å². The first-order valence-electron chi connectivity index (χ1n) is 9.27. The first-order valence-corrected chi connectivity index (χ1v) is 9.27. The van der Waals surface area contributed by atoms with E-state index in [1.807, 2.05) is 23.8 Å². The molecule has 1 aliphatic heterocycles. The fraction of sp³-hybridized carbons (Fsp3) is 0.500. The number of rotatable bonds is 6. The molecule has 0 unspecified atom stereocenters. The number of likely N-dealkylation sites (tertiary alicyclic amines) is 1. The Hall–Kier alpha value is -2.14. The van der Waals surface area contributed by atoms with Gasteiger partial charge in [0.15, 0.2) is 0 Å². The van der Waals surface area contributed by atoms with Crippen LogP contribution in [0, 0.1) is 6.92 Å². The van der Waals surface area contributed by atoms with Crippen LogP contribution in [0.4, 0.5) is 0 Å². The molecule has 5 heteroatoms. The molecule has 1 aliphatic rings. The zero-order valence-corrected chi connectivity index (χ0v) is 15.0. The number of aromatic nitrogens is 2. The Balaban J connectivity index is 1.65. The summed E-state index contributed by atoms with van der Waals surface area (Å²) in [4.78, 5) is 19.1. The summed E-state index contributed by atoms with van der Waals surface area (Å²) in [7, 11) is 0. The minimum absolute atomic E-state index is 0.0388. The normalized spacial score (nSPS) is 17.0. The Morgan fingerprint density at radius 1 is 1.16 bits per heavy atom. The summed E-state index contributed by atoms with van der Waals surface area (Å²) in [5.74, 6) is 0.902. The van der Waals surface area contributed by atoms with E-state index in [-0.39, 0.29) is 11.9 Å². The molecule has 1 saturated heterocycles. The standard InChI is InChI=1S/C20H28N4O/c1-17-21-11-14-24(17)16-20(25)22-15-19(18-9-5-4-6-10-18)23-12-7-2-3-8-13-23/h4-6,9-11,14,19H,2-3,7-8,12-13,15-16H2,1H3,(H,22,25)/t19-/m1/s1. The van der Waals surface area contributed by atoms with Crippen LogP contribution in [-0.2, 0) is 11.3 Å². The minimum Gasteiger partial charge on any atom is -0.353 e. The summed E-state index contributed by atoms with van der Waals surface area (Å²) < 4.78 is 1.87. The fourth-order valence-electron chi connectivity index (χ4n) is 3.53. The monoisotopic (exact) mass is 340 g/mol. The smallest absolute Gasteiger partial charge is 0.240 e. The number of nitrogens with zero attached hydrogens (tertiary/aromatic N) is 3. The Morgan fingerprint density at radius 2 is 1.88 bits per heavy atom. The lowest BCUT2D eigenvalue weighted by molar-refractivity contribution is -0.122. The second-order valence-electron chi connectivity index (χ2n) is 6.78. The molecule has 25 heavy (non-hydrogen) atoms. The lowest BCUT2D eigenvalue weighted by atomic mass is 10.0. The van der Waals surface area contributed by atoms with E-state index in [0.29, 0.717) is 13.1 Å². The maximum absolute atomic E-state index is 12.4. The molecule has 0 bridgehead atoms. The predicted molar refractivity (Wildman–Crippen MR) is 99.2 cm³/mol. The highest BCUT2D eigenvalue weighted by Gasteiger charge is 2.22. The molecule has 3 rings (SSSR count). The maximum Gasteiger partial charge on any atom is 0.240 e. The largest absolute Gasteiger partial charge is 0.353 e. The van der Waals surface area contributed by atoms with Crippen LogP contribution in [0.5, 0.6) is 0 Å². The Kier molecular flexibility index (Phi) is 6.23. The number of amides is 1. The Labute approximate surface area is 150 Å². The van der Waals surface area contributed by atoms with E-state index in [1.54, 1.807) is 6.20 Å². The first kappa shape index (κ1) is 17.7. The zero-order valence-electron chi connectivity index (χ0n) is 15.0. The number of hydrogen-bond donors (Lipinski definition) is 1. The number of aryl methyl sites for hydroxylation is 1. The molecule has 1 amide bonds. The maximum atomic E-state index is 12.4. The quantitative estimate of drug-likeness (QED) is 0.880. The van der Waals surface area contributed by atoms with Gasteiger partial charge in [-0.3, -0.25) is 9.69 Å². The number of carbonyl (C=O) groups excluding carboxylic acids is 1. The van der Waals surface area contributed by atoms with Gasteiger partial charge in [-0.25, -0.2) is 4.98 Å². The van der Waals surface area contributed by atoms with Crippen LogP contribution in [0.15, 0.2) is 42.7 Å². The lowest BCUT2D eigenvalue weighted by Gasteiger charge is -2.31. The van der Waals surface area contributed by atoms with Gasteiger partial charge in [-0.2, -0.15) is 0 Å². The molecule has 1 aromatic carbocycles. The van der Waals surface area contributed by atoms with Crippen molar-refractivity contribution in [2.45, 2.75) is 45.2 Å². The van der Waals surface area contributed by atoms with Gasteiger partial charge in [-0.05, 0) is 38.4 Å². The molecule has 5 nitrogen and oxygen atoms in total. The molecule has 0 saturated carbocycles. The SMILES string of the molecule is Cc1nccn1CC(=O)NC[C@H](c1ccccc1)N1CCCCCC1. The molecular weight excluding hydrogens is 312 g/mol. The average Bonchev–Trinajstić information content (AvgIpc) is 2.87. The van der Waals surface area contributed by atoms with Gasteiger partial charge in [0.25, 0.3) is 0 Å². The van der Waals surface area contributed by atoms with Crippen molar-refractivity contribution in [2.24, 2.45) is 0 Å². The third-order valence-corrected chi connectivity index (χ3v) is 5.00. The van der Waals surface area contributed by atoms with Crippen molar-refractivity contribution in [1.29, 1.82) is 0 Å². The van der Waals surface area contributed by atoms with Crippen molar-refractivity contribution in [2.75, 3.05) is 19.6 Å². The van der Waals surface area contributed by atoms with E-state index in [1.165, 1.54) is 31.2 Å². The molecule has 2 aromatic rings. The van der Waals surface area contributed by atoms with E-state index < -0.39 is 0 Å². The van der Waals surface area contributed by atoms with E-state index in [0.717, 1.165) is 18.9 Å². The van der Waals surface area contributed by atoms with E-state index >= 15 is 0 Å². The number of carbonyl (C=O) groups is 1. The topological polar surface area (TPSA) is 50.2 Å². The molecule has 1 N–H and O–H groups in total. The molecule has 134 valence electrons. The lowest BCUT2D eigenvalue weighted by Crippen LogP contribution is -2.39. The number of imidazole rings is 1. The van der Waals surface area contributed by atoms with Gasteiger partial charge in [0.2, 0.25) is 5.91 Å². The third kappa shape index (κ3) is 4.92. The first-order chi connectivity index (χ1) is 12.2. The van der Waals surface area contributed by atoms with Crippen LogP contribution < -0.4 is 5.32 Å². The third-order valence-electron chi connectivity index (χ3n) is 5.00. The minimum atomic E-state index is 0.0388. The van der Waals surface area contributed by atoms with Crippen LogP contribution >= 0.6 is 0 Å². The van der Waals surface area contributed by atoms with Gasteiger partial charge < -0.3 is 9.88 Å². The van der Waals surface area contributed by atoms with Crippen LogP contribution in [0.2, 0.25) is 0 Å². The zero-order chi connectivity index (χ0) is 17.5. The van der Waals surface area contributed by atoms with Crippen molar-refractivity contribution in [3.8, 4) is 0 Å². The summed E-state index contributed by atoms with van der Waals surface area (Å²) in [6, 6.07) is 10.8. The van der Waals surface area contributed by atoms with Crippen LogP contribution in [0.25, 0.3) is 0 Å². The molecule has 0 radical (unpaired) electrons. The molecule has 1 aromatic heterocycles. The van der Waals surface area contributed by atoms with Crippen molar-refractivity contribution < 1.29 is 4.79 Å². The molecular formula is C20H28N4O. The predicted octanol–water partition coefficient (Wildman–Crippen LogP) is 2.93. The Morgan fingerprint density at radius 3 is 2.52 bits per heavy atom. The highest BCUT2D eigenvalue weighted by atomic mass is 16.1. The van der Waals surface area contributed by atoms with Crippen molar-refractivity contribution in [3.63, 3.8) is 0 Å². The van der Waals surface area contributed by atoms with Crippen LogP contribution in [0.1, 0.15) is 43.1 Å². The van der Waals surface area contributed by atoms with E-state index in [2.05, 4.69) is 39.5 Å². The van der Waals surface area contributed by atoms with Crippen LogP contribution in [-0.4, -0.2) is 40.0 Å². The molecule has 0 aliphatic carbocycles. The molecule has 2 heterocycles. The summed E-state index contributed by atoms with van der Waals surface area (Å²) >= 11 is 0. The van der Waals surface area contributed by atoms with Gasteiger partial charge in [0.1, 0.15) is 12.4 Å².